The molecular weight excluding hydrogens is 225 g/mol. The van der Waals surface area contributed by atoms with Gasteiger partial charge in [0.05, 0.1) is 0 Å². The second-order valence-electron chi connectivity index (χ2n) is 5.07. The van der Waals surface area contributed by atoms with Gasteiger partial charge in [-0.15, -0.1) is 0 Å². The van der Waals surface area contributed by atoms with Crippen molar-refractivity contribution >= 4 is 0 Å². The maximum atomic E-state index is 13.9. The molecule has 0 fully saturated rings. The predicted octanol–water partition coefficient (Wildman–Crippen LogP) is 4.76. The summed E-state index contributed by atoms with van der Waals surface area (Å²) in [6, 6.07) is 5.67. The highest BCUT2D eigenvalue weighted by atomic mass is 19.1. The summed E-state index contributed by atoms with van der Waals surface area (Å²) in [7, 11) is 1.91. The molecule has 0 amide bonds. The average Bonchev–Trinajstić information content (AvgIpc) is 2.35. The summed E-state index contributed by atoms with van der Waals surface area (Å²) in [5.74, 6) is -0.0806. The van der Waals surface area contributed by atoms with Crippen LogP contribution in [0, 0.1) is 12.7 Å². The molecular formula is C16H26FN. The molecule has 1 aromatic carbocycles. The van der Waals surface area contributed by atoms with E-state index in [4.69, 9.17) is 0 Å². The van der Waals surface area contributed by atoms with Crippen LogP contribution in [0.15, 0.2) is 18.2 Å². The van der Waals surface area contributed by atoms with Crippen LogP contribution in [-0.2, 0) is 0 Å². The maximum Gasteiger partial charge on any atom is 0.128 e. The minimum Gasteiger partial charge on any atom is -0.313 e. The zero-order chi connectivity index (χ0) is 13.4. The SMILES string of the molecule is CCCCCCCC(NC)c1ccc(C)cc1F. The number of benzene rings is 1. The van der Waals surface area contributed by atoms with Gasteiger partial charge in [0, 0.05) is 11.6 Å². The van der Waals surface area contributed by atoms with Crippen LogP contribution in [0.1, 0.15) is 62.6 Å². The van der Waals surface area contributed by atoms with Crippen molar-refractivity contribution < 1.29 is 4.39 Å². The monoisotopic (exact) mass is 251 g/mol. The van der Waals surface area contributed by atoms with Crippen LogP contribution < -0.4 is 5.32 Å². The quantitative estimate of drug-likeness (QED) is 0.657. The van der Waals surface area contributed by atoms with Gasteiger partial charge in [0.2, 0.25) is 0 Å². The molecule has 1 aromatic rings. The fourth-order valence-corrected chi connectivity index (χ4v) is 2.32. The lowest BCUT2D eigenvalue weighted by Gasteiger charge is -2.17. The number of rotatable bonds is 8. The second kappa shape index (κ2) is 8.25. The molecule has 102 valence electrons. The smallest absolute Gasteiger partial charge is 0.128 e. The van der Waals surface area contributed by atoms with Gasteiger partial charge in [0.15, 0.2) is 0 Å². The molecule has 0 bridgehead atoms. The van der Waals surface area contributed by atoms with Crippen molar-refractivity contribution in [2.75, 3.05) is 7.05 Å². The molecule has 0 aliphatic heterocycles. The van der Waals surface area contributed by atoms with Gasteiger partial charge in [0.25, 0.3) is 0 Å². The van der Waals surface area contributed by atoms with Crippen molar-refractivity contribution in [1.82, 2.24) is 5.32 Å². The highest BCUT2D eigenvalue weighted by Gasteiger charge is 2.13. The summed E-state index contributed by atoms with van der Waals surface area (Å²) < 4.78 is 13.9. The number of aryl methyl sites for hydroxylation is 1. The van der Waals surface area contributed by atoms with Gasteiger partial charge in [0.1, 0.15) is 5.82 Å². The molecule has 0 aliphatic carbocycles. The Morgan fingerprint density at radius 1 is 1.17 bits per heavy atom. The van der Waals surface area contributed by atoms with Gasteiger partial charge in [-0.25, -0.2) is 4.39 Å². The number of halogens is 1. The molecule has 0 spiro atoms. The lowest BCUT2D eigenvalue weighted by Crippen LogP contribution is -2.17. The molecule has 1 unspecified atom stereocenters. The van der Waals surface area contributed by atoms with E-state index in [0.29, 0.717) is 0 Å². The Labute approximate surface area is 111 Å². The fourth-order valence-electron chi connectivity index (χ4n) is 2.32. The average molecular weight is 251 g/mol. The van der Waals surface area contributed by atoms with E-state index in [9.17, 15) is 4.39 Å². The maximum absolute atomic E-state index is 13.9. The molecule has 18 heavy (non-hydrogen) atoms. The molecule has 0 saturated carbocycles. The lowest BCUT2D eigenvalue weighted by molar-refractivity contribution is 0.477. The number of hydrogen-bond acceptors (Lipinski definition) is 1. The third kappa shape index (κ3) is 4.77. The van der Waals surface area contributed by atoms with E-state index >= 15 is 0 Å². The highest BCUT2D eigenvalue weighted by molar-refractivity contribution is 5.26. The van der Waals surface area contributed by atoms with Gasteiger partial charge in [-0.2, -0.15) is 0 Å². The summed E-state index contributed by atoms with van der Waals surface area (Å²) in [5.41, 5.74) is 1.78. The van der Waals surface area contributed by atoms with Crippen LogP contribution >= 0.6 is 0 Å². The molecule has 1 atom stereocenters. The molecule has 1 nitrogen and oxygen atoms in total. The van der Waals surface area contributed by atoms with Crippen LogP contribution in [0.5, 0.6) is 0 Å². The van der Waals surface area contributed by atoms with E-state index in [0.717, 1.165) is 17.5 Å². The second-order valence-corrected chi connectivity index (χ2v) is 5.07. The number of nitrogens with one attached hydrogen (secondary N) is 1. The van der Waals surface area contributed by atoms with Gasteiger partial charge in [-0.05, 0) is 32.0 Å². The van der Waals surface area contributed by atoms with Crippen molar-refractivity contribution in [3.05, 3.63) is 35.1 Å². The standard InChI is InChI=1S/C16H26FN/c1-4-5-6-7-8-9-16(18-3)14-11-10-13(2)12-15(14)17/h10-12,16,18H,4-9H2,1-3H3. The Hall–Kier alpha value is -0.890. The fraction of sp³-hybridized carbons (Fsp3) is 0.625. The topological polar surface area (TPSA) is 12.0 Å². The van der Waals surface area contributed by atoms with Crippen LogP contribution in [-0.4, -0.2) is 7.05 Å². The Bertz CT molecular complexity index is 349. The Morgan fingerprint density at radius 3 is 2.50 bits per heavy atom. The van der Waals surface area contributed by atoms with Crippen molar-refractivity contribution in [3.8, 4) is 0 Å². The third-order valence-corrected chi connectivity index (χ3v) is 3.48. The molecule has 0 radical (unpaired) electrons. The summed E-state index contributed by atoms with van der Waals surface area (Å²) in [6.07, 6.45) is 7.30. The van der Waals surface area contributed by atoms with Gasteiger partial charge >= 0.3 is 0 Å². The van der Waals surface area contributed by atoms with Crippen molar-refractivity contribution in [2.45, 2.75) is 58.4 Å². The van der Waals surface area contributed by atoms with Gasteiger partial charge in [-0.1, -0.05) is 51.2 Å². The van der Waals surface area contributed by atoms with Gasteiger partial charge < -0.3 is 5.32 Å². The summed E-state index contributed by atoms with van der Waals surface area (Å²) in [5, 5.41) is 3.23. The Morgan fingerprint density at radius 2 is 1.89 bits per heavy atom. The van der Waals surface area contributed by atoms with Crippen molar-refractivity contribution in [1.29, 1.82) is 0 Å². The number of unbranched alkanes of at least 4 members (excludes halogenated alkanes) is 4. The van der Waals surface area contributed by atoms with Crippen LogP contribution in [0.25, 0.3) is 0 Å². The first-order chi connectivity index (χ1) is 8.69. The zero-order valence-corrected chi connectivity index (χ0v) is 11.9. The van der Waals surface area contributed by atoms with E-state index in [1.165, 1.54) is 32.1 Å². The van der Waals surface area contributed by atoms with Crippen molar-refractivity contribution in [3.63, 3.8) is 0 Å². The minimum absolute atomic E-state index is 0.0806. The van der Waals surface area contributed by atoms with Gasteiger partial charge in [-0.3, -0.25) is 0 Å². The molecule has 0 aromatic heterocycles. The molecule has 0 saturated heterocycles. The molecule has 2 heteroatoms. The van der Waals surface area contributed by atoms with Crippen LogP contribution in [0.3, 0.4) is 0 Å². The summed E-state index contributed by atoms with van der Waals surface area (Å²) >= 11 is 0. The summed E-state index contributed by atoms with van der Waals surface area (Å²) in [6.45, 7) is 4.14. The lowest BCUT2D eigenvalue weighted by atomic mass is 9.98. The van der Waals surface area contributed by atoms with E-state index < -0.39 is 0 Å². The van der Waals surface area contributed by atoms with Crippen LogP contribution in [0.2, 0.25) is 0 Å². The highest BCUT2D eigenvalue weighted by Crippen LogP contribution is 2.23. The minimum atomic E-state index is -0.0806. The zero-order valence-electron chi connectivity index (χ0n) is 11.9. The van der Waals surface area contributed by atoms with Crippen LogP contribution in [0.4, 0.5) is 4.39 Å². The first-order valence-corrected chi connectivity index (χ1v) is 7.12. The summed E-state index contributed by atoms with van der Waals surface area (Å²) in [4.78, 5) is 0. The van der Waals surface area contributed by atoms with E-state index in [1.54, 1.807) is 6.07 Å². The predicted molar refractivity (Wildman–Crippen MR) is 76.3 cm³/mol. The van der Waals surface area contributed by atoms with E-state index in [2.05, 4.69) is 12.2 Å². The van der Waals surface area contributed by atoms with E-state index in [1.807, 2.05) is 26.1 Å². The molecule has 1 N–H and O–H groups in total. The first kappa shape index (κ1) is 15.2. The largest absolute Gasteiger partial charge is 0.313 e. The number of hydrogen-bond donors (Lipinski definition) is 1. The van der Waals surface area contributed by atoms with Crippen molar-refractivity contribution in [2.24, 2.45) is 0 Å². The Kier molecular flexibility index (Phi) is 6.96. The first-order valence-electron chi connectivity index (χ1n) is 7.12. The molecule has 0 aliphatic rings. The van der Waals surface area contributed by atoms with E-state index in [-0.39, 0.29) is 11.9 Å². The molecule has 0 heterocycles. The Balaban J connectivity index is 2.49. The molecule has 1 rings (SSSR count). The third-order valence-electron chi connectivity index (χ3n) is 3.48. The normalized spacial score (nSPS) is 12.7.